The largest absolute Gasteiger partial charge is 0.338 e. The molecule has 15 heavy (non-hydrogen) atoms. The minimum Gasteiger partial charge on any atom is -0.338 e. The van der Waals surface area contributed by atoms with Crippen LogP contribution in [0.4, 0.5) is 0 Å². The summed E-state index contributed by atoms with van der Waals surface area (Å²) >= 11 is 0. The normalized spacial score (nSPS) is 31.3. The van der Waals surface area contributed by atoms with E-state index in [0.717, 1.165) is 19.5 Å². The van der Waals surface area contributed by atoms with Gasteiger partial charge in [-0.05, 0) is 52.5 Å². The van der Waals surface area contributed by atoms with E-state index in [0.29, 0.717) is 11.9 Å². The fourth-order valence-electron chi connectivity index (χ4n) is 2.51. The summed E-state index contributed by atoms with van der Waals surface area (Å²) in [5.41, 5.74) is -0.281. The lowest BCUT2D eigenvalue weighted by Crippen LogP contribution is -2.58. The Hall–Kier alpha value is -0.570. The zero-order valence-electron chi connectivity index (χ0n) is 9.88. The molecule has 0 bridgehead atoms. The Morgan fingerprint density at radius 1 is 1.47 bits per heavy atom. The summed E-state index contributed by atoms with van der Waals surface area (Å²) in [4.78, 5) is 14.5. The molecule has 2 aliphatic rings. The van der Waals surface area contributed by atoms with E-state index in [9.17, 15) is 4.79 Å². The summed E-state index contributed by atoms with van der Waals surface area (Å²) in [6.07, 6.45) is 5.79. The Labute approximate surface area is 92.2 Å². The molecule has 86 valence electrons. The Balaban J connectivity index is 2.03. The van der Waals surface area contributed by atoms with Crippen LogP contribution in [0.2, 0.25) is 0 Å². The van der Waals surface area contributed by atoms with E-state index in [1.54, 1.807) is 0 Å². The smallest absolute Gasteiger partial charge is 0.242 e. The number of carbonyl (C=O) groups is 1. The van der Waals surface area contributed by atoms with Crippen LogP contribution in [0.5, 0.6) is 0 Å². The molecule has 1 saturated carbocycles. The average Bonchev–Trinajstić information content (AvgIpc) is 3.04. The van der Waals surface area contributed by atoms with Crippen molar-refractivity contribution in [3.8, 4) is 0 Å². The van der Waals surface area contributed by atoms with Gasteiger partial charge in [-0.25, -0.2) is 0 Å². The minimum atomic E-state index is -0.281. The van der Waals surface area contributed by atoms with Crippen molar-refractivity contribution in [2.45, 2.75) is 57.5 Å². The highest BCUT2D eigenvalue weighted by Gasteiger charge is 2.41. The highest BCUT2D eigenvalue weighted by atomic mass is 16.2. The van der Waals surface area contributed by atoms with Crippen molar-refractivity contribution >= 4 is 5.91 Å². The number of hydrogen-bond donors (Lipinski definition) is 1. The number of nitrogens with one attached hydrogen (secondary N) is 1. The van der Waals surface area contributed by atoms with Gasteiger partial charge < -0.3 is 10.2 Å². The van der Waals surface area contributed by atoms with Crippen LogP contribution < -0.4 is 5.32 Å². The molecule has 1 amide bonds. The summed E-state index contributed by atoms with van der Waals surface area (Å²) < 4.78 is 0. The van der Waals surface area contributed by atoms with Crippen molar-refractivity contribution in [1.29, 1.82) is 0 Å². The van der Waals surface area contributed by atoms with Gasteiger partial charge in [0.25, 0.3) is 0 Å². The molecule has 3 heteroatoms. The number of rotatable bonds is 3. The van der Waals surface area contributed by atoms with Crippen LogP contribution in [0.1, 0.15) is 46.0 Å². The fourth-order valence-corrected chi connectivity index (χ4v) is 2.51. The molecule has 1 atom stereocenters. The van der Waals surface area contributed by atoms with Crippen LogP contribution in [0.15, 0.2) is 0 Å². The molecule has 0 aromatic carbocycles. The summed E-state index contributed by atoms with van der Waals surface area (Å²) in [5, 5.41) is 3.40. The van der Waals surface area contributed by atoms with E-state index < -0.39 is 0 Å². The van der Waals surface area contributed by atoms with Crippen molar-refractivity contribution < 1.29 is 4.79 Å². The first kappa shape index (κ1) is 10.9. The van der Waals surface area contributed by atoms with Crippen molar-refractivity contribution in [3.63, 3.8) is 0 Å². The summed E-state index contributed by atoms with van der Waals surface area (Å²) in [5.74, 6) is 0.326. The van der Waals surface area contributed by atoms with Crippen LogP contribution in [0, 0.1) is 0 Å². The van der Waals surface area contributed by atoms with Crippen LogP contribution in [-0.4, -0.2) is 35.5 Å². The third-order valence-electron chi connectivity index (χ3n) is 3.68. The van der Waals surface area contributed by atoms with Gasteiger partial charge in [0.05, 0.1) is 5.54 Å². The van der Waals surface area contributed by atoms with Crippen molar-refractivity contribution in [2.24, 2.45) is 0 Å². The fraction of sp³-hybridized carbons (Fsp3) is 0.917. The van der Waals surface area contributed by atoms with Gasteiger partial charge in [-0.15, -0.1) is 0 Å². The Morgan fingerprint density at radius 2 is 2.20 bits per heavy atom. The quantitative estimate of drug-likeness (QED) is 0.766. The molecule has 0 radical (unpaired) electrons. The Bertz CT molecular complexity index is 242. The topological polar surface area (TPSA) is 32.3 Å². The second-order valence-electron chi connectivity index (χ2n) is 5.04. The van der Waals surface area contributed by atoms with Crippen LogP contribution in [0.3, 0.4) is 0 Å². The molecule has 1 N–H and O–H groups in total. The molecule has 1 aliphatic heterocycles. The molecule has 1 saturated heterocycles. The molecule has 1 unspecified atom stereocenters. The second-order valence-corrected chi connectivity index (χ2v) is 5.04. The third-order valence-corrected chi connectivity index (χ3v) is 3.68. The number of carbonyl (C=O) groups excluding carboxylic acids is 1. The van der Waals surface area contributed by atoms with E-state index in [4.69, 9.17) is 0 Å². The number of likely N-dealkylation sites (N-methyl/N-ethyl adjacent to an activating group) is 1. The van der Waals surface area contributed by atoms with E-state index in [2.05, 4.69) is 24.1 Å². The lowest BCUT2D eigenvalue weighted by atomic mass is 9.89. The summed E-state index contributed by atoms with van der Waals surface area (Å²) in [7, 11) is 0. The van der Waals surface area contributed by atoms with Crippen LogP contribution >= 0.6 is 0 Å². The summed E-state index contributed by atoms with van der Waals surface area (Å²) in [6.45, 7) is 6.01. The van der Waals surface area contributed by atoms with Gasteiger partial charge in [0.2, 0.25) is 5.91 Å². The lowest BCUT2D eigenvalue weighted by Gasteiger charge is -2.37. The first-order valence-electron chi connectivity index (χ1n) is 6.23. The van der Waals surface area contributed by atoms with Gasteiger partial charge in [0, 0.05) is 12.6 Å². The highest BCUT2D eigenvalue weighted by molar-refractivity contribution is 5.86. The standard InChI is InChI=1S/C12H22N2O/c1-3-14(10-6-7-10)11(15)12(2)8-4-5-9-13-12/h10,13H,3-9H2,1-2H3. The Morgan fingerprint density at radius 3 is 2.67 bits per heavy atom. The maximum atomic E-state index is 12.4. The molecule has 1 heterocycles. The average molecular weight is 210 g/mol. The van der Waals surface area contributed by atoms with Gasteiger partial charge in [0.15, 0.2) is 0 Å². The van der Waals surface area contributed by atoms with E-state index in [1.807, 2.05) is 0 Å². The van der Waals surface area contributed by atoms with E-state index in [1.165, 1.54) is 25.7 Å². The monoisotopic (exact) mass is 210 g/mol. The maximum Gasteiger partial charge on any atom is 0.242 e. The zero-order valence-corrected chi connectivity index (χ0v) is 9.88. The second kappa shape index (κ2) is 4.12. The number of amides is 1. The van der Waals surface area contributed by atoms with Gasteiger partial charge in [-0.2, -0.15) is 0 Å². The lowest BCUT2D eigenvalue weighted by molar-refractivity contribution is -0.139. The van der Waals surface area contributed by atoms with Gasteiger partial charge >= 0.3 is 0 Å². The molecular weight excluding hydrogens is 188 g/mol. The first-order chi connectivity index (χ1) is 7.17. The van der Waals surface area contributed by atoms with E-state index in [-0.39, 0.29) is 5.54 Å². The molecular formula is C12H22N2O. The molecule has 2 fully saturated rings. The predicted octanol–water partition coefficient (Wildman–Crippen LogP) is 1.53. The maximum absolute atomic E-state index is 12.4. The SMILES string of the molecule is CCN(C(=O)C1(C)CCCCN1)C1CC1. The van der Waals surface area contributed by atoms with Gasteiger partial charge in [-0.1, -0.05) is 0 Å². The predicted molar refractivity (Wildman–Crippen MR) is 60.7 cm³/mol. The van der Waals surface area contributed by atoms with Crippen LogP contribution in [0.25, 0.3) is 0 Å². The van der Waals surface area contributed by atoms with Crippen LogP contribution in [-0.2, 0) is 4.79 Å². The molecule has 0 spiro atoms. The van der Waals surface area contributed by atoms with Gasteiger partial charge in [0.1, 0.15) is 0 Å². The third kappa shape index (κ3) is 2.17. The molecule has 3 nitrogen and oxygen atoms in total. The van der Waals surface area contributed by atoms with E-state index >= 15 is 0 Å². The first-order valence-corrected chi connectivity index (χ1v) is 6.23. The van der Waals surface area contributed by atoms with Crippen molar-refractivity contribution in [3.05, 3.63) is 0 Å². The number of nitrogens with zero attached hydrogens (tertiary/aromatic N) is 1. The molecule has 0 aromatic heterocycles. The summed E-state index contributed by atoms with van der Waals surface area (Å²) in [6, 6.07) is 0.544. The number of piperidine rings is 1. The van der Waals surface area contributed by atoms with Crippen molar-refractivity contribution in [1.82, 2.24) is 10.2 Å². The molecule has 1 aliphatic carbocycles. The zero-order chi connectivity index (χ0) is 10.9. The molecule has 2 rings (SSSR count). The highest BCUT2D eigenvalue weighted by Crippen LogP contribution is 2.30. The Kier molecular flexibility index (Phi) is 3.01. The van der Waals surface area contributed by atoms with Crippen molar-refractivity contribution in [2.75, 3.05) is 13.1 Å². The van der Waals surface area contributed by atoms with Gasteiger partial charge in [-0.3, -0.25) is 4.79 Å². The molecule has 0 aromatic rings. The minimum absolute atomic E-state index is 0.281. The number of hydrogen-bond acceptors (Lipinski definition) is 2.